The first-order valence-electron chi connectivity index (χ1n) is 9.39. The summed E-state index contributed by atoms with van der Waals surface area (Å²) < 4.78 is 48.3. The molecular weight excluding hydrogens is 375 g/mol. The predicted octanol–water partition coefficient (Wildman–Crippen LogP) is 3.19. The number of amides is 2. The molecule has 2 aliphatic rings. The Balaban J connectivity index is 1.64. The van der Waals surface area contributed by atoms with Crippen LogP contribution in [-0.4, -0.2) is 68.4 Å². The van der Waals surface area contributed by atoms with Crippen LogP contribution in [0.3, 0.4) is 0 Å². The van der Waals surface area contributed by atoms with Crippen molar-refractivity contribution in [2.45, 2.75) is 37.5 Å². The molecule has 1 aromatic rings. The molecule has 6 nitrogen and oxygen atoms in total. The van der Waals surface area contributed by atoms with Gasteiger partial charge >= 0.3 is 12.2 Å². The van der Waals surface area contributed by atoms with Crippen LogP contribution in [0.2, 0.25) is 0 Å². The van der Waals surface area contributed by atoms with Gasteiger partial charge in [0.1, 0.15) is 11.5 Å². The second-order valence-electron chi connectivity index (χ2n) is 7.24. The van der Waals surface area contributed by atoms with Crippen LogP contribution < -0.4 is 14.8 Å². The fourth-order valence-corrected chi connectivity index (χ4v) is 4.03. The molecule has 9 heteroatoms. The number of hydrogen-bond donors (Lipinski definition) is 1. The first-order valence-corrected chi connectivity index (χ1v) is 9.39. The van der Waals surface area contributed by atoms with Crippen LogP contribution in [0.1, 0.15) is 30.9 Å². The minimum atomic E-state index is -4.22. The van der Waals surface area contributed by atoms with Crippen molar-refractivity contribution in [3.63, 3.8) is 0 Å². The first-order chi connectivity index (χ1) is 13.3. The Labute approximate surface area is 162 Å². The maximum atomic E-state index is 12.8. The van der Waals surface area contributed by atoms with E-state index in [0.29, 0.717) is 31.0 Å². The zero-order valence-electron chi connectivity index (χ0n) is 16.1. The van der Waals surface area contributed by atoms with Crippen LogP contribution in [0.15, 0.2) is 18.2 Å². The molecule has 0 aliphatic carbocycles. The molecule has 2 atom stereocenters. The van der Waals surface area contributed by atoms with E-state index >= 15 is 0 Å². The van der Waals surface area contributed by atoms with Gasteiger partial charge in [-0.2, -0.15) is 13.2 Å². The SMILES string of the molecule is COc1ccc(C2CCCN2C(=O)NC2CCN(CC(F)(F)F)C2)c(OC)c1. The Morgan fingerprint density at radius 3 is 2.68 bits per heavy atom. The van der Waals surface area contributed by atoms with Gasteiger partial charge < -0.3 is 19.7 Å². The molecule has 0 saturated carbocycles. The number of carbonyl (C=O) groups is 1. The van der Waals surface area contributed by atoms with Crippen LogP contribution in [-0.2, 0) is 0 Å². The number of halogens is 3. The van der Waals surface area contributed by atoms with Gasteiger partial charge in [-0.3, -0.25) is 4.90 Å². The summed E-state index contributed by atoms with van der Waals surface area (Å²) in [6.45, 7) is 0.217. The van der Waals surface area contributed by atoms with Crippen molar-refractivity contribution in [3.8, 4) is 11.5 Å². The molecule has 0 bridgehead atoms. The number of nitrogens with one attached hydrogen (secondary N) is 1. The van der Waals surface area contributed by atoms with E-state index in [1.165, 1.54) is 4.90 Å². The van der Waals surface area contributed by atoms with E-state index in [0.717, 1.165) is 18.4 Å². The molecule has 2 fully saturated rings. The summed E-state index contributed by atoms with van der Waals surface area (Å²) in [4.78, 5) is 15.9. The van der Waals surface area contributed by atoms with Crippen LogP contribution >= 0.6 is 0 Å². The highest BCUT2D eigenvalue weighted by Crippen LogP contribution is 2.38. The molecule has 156 valence electrons. The third kappa shape index (κ3) is 4.81. The number of rotatable bonds is 5. The highest BCUT2D eigenvalue weighted by Gasteiger charge is 2.37. The topological polar surface area (TPSA) is 54.0 Å². The summed E-state index contributed by atoms with van der Waals surface area (Å²) in [6, 6.07) is 4.88. The molecule has 0 radical (unpaired) electrons. The molecule has 2 unspecified atom stereocenters. The number of nitrogens with zero attached hydrogens (tertiary/aromatic N) is 2. The van der Waals surface area contributed by atoms with Gasteiger partial charge in [-0.25, -0.2) is 4.79 Å². The molecule has 1 N–H and O–H groups in total. The molecule has 2 amide bonds. The molecule has 1 aromatic carbocycles. The summed E-state index contributed by atoms with van der Waals surface area (Å²) in [5, 5.41) is 2.91. The van der Waals surface area contributed by atoms with E-state index < -0.39 is 12.7 Å². The molecule has 2 aliphatic heterocycles. The molecule has 28 heavy (non-hydrogen) atoms. The Kier molecular flexibility index (Phi) is 6.22. The third-order valence-electron chi connectivity index (χ3n) is 5.32. The fourth-order valence-electron chi connectivity index (χ4n) is 4.03. The van der Waals surface area contributed by atoms with E-state index in [4.69, 9.17) is 9.47 Å². The van der Waals surface area contributed by atoms with Crippen molar-refractivity contribution in [1.29, 1.82) is 0 Å². The molecule has 0 aromatic heterocycles. The number of alkyl halides is 3. The van der Waals surface area contributed by atoms with Gasteiger partial charge in [-0.05, 0) is 31.4 Å². The van der Waals surface area contributed by atoms with Crippen LogP contribution in [0.5, 0.6) is 11.5 Å². The lowest BCUT2D eigenvalue weighted by molar-refractivity contribution is -0.143. The van der Waals surface area contributed by atoms with Crippen LogP contribution in [0.4, 0.5) is 18.0 Å². The average molecular weight is 401 g/mol. The Morgan fingerprint density at radius 2 is 2.00 bits per heavy atom. The Morgan fingerprint density at radius 1 is 1.21 bits per heavy atom. The zero-order chi connectivity index (χ0) is 20.3. The van der Waals surface area contributed by atoms with Crippen molar-refractivity contribution in [3.05, 3.63) is 23.8 Å². The first kappa shape index (κ1) is 20.6. The predicted molar refractivity (Wildman–Crippen MR) is 97.7 cm³/mol. The summed E-state index contributed by atoms with van der Waals surface area (Å²) >= 11 is 0. The van der Waals surface area contributed by atoms with Gasteiger partial charge in [-0.1, -0.05) is 0 Å². The summed E-state index contributed by atoms with van der Waals surface area (Å²) in [6.07, 6.45) is -2.03. The second kappa shape index (κ2) is 8.46. The normalized spacial score (nSPS) is 23.1. The number of methoxy groups -OCH3 is 2. The van der Waals surface area contributed by atoms with E-state index in [1.807, 2.05) is 12.1 Å². The lowest BCUT2D eigenvalue weighted by Gasteiger charge is -2.28. The minimum absolute atomic E-state index is 0.131. The fraction of sp³-hybridized carbons (Fsp3) is 0.632. The van der Waals surface area contributed by atoms with Crippen molar-refractivity contribution in [2.24, 2.45) is 0 Å². The van der Waals surface area contributed by atoms with Gasteiger partial charge in [0, 0.05) is 37.3 Å². The number of carbonyl (C=O) groups excluding carboxylic acids is 1. The number of ether oxygens (including phenoxy) is 2. The lowest BCUT2D eigenvalue weighted by atomic mass is 10.0. The molecule has 2 saturated heterocycles. The van der Waals surface area contributed by atoms with Crippen LogP contribution in [0, 0.1) is 0 Å². The van der Waals surface area contributed by atoms with Gasteiger partial charge in [0.25, 0.3) is 0 Å². The van der Waals surface area contributed by atoms with Crippen molar-refractivity contribution in [2.75, 3.05) is 40.4 Å². The summed E-state index contributed by atoms with van der Waals surface area (Å²) in [5.74, 6) is 1.33. The van der Waals surface area contributed by atoms with Gasteiger partial charge in [0.2, 0.25) is 0 Å². The number of likely N-dealkylation sites (tertiary alicyclic amines) is 2. The maximum absolute atomic E-state index is 12.8. The van der Waals surface area contributed by atoms with E-state index in [2.05, 4.69) is 5.32 Å². The standard InChI is InChI=1S/C19H26F3N3O3/c1-27-14-5-6-15(17(10-14)28-2)16-4-3-8-25(16)18(26)23-13-7-9-24(11-13)12-19(20,21)22/h5-6,10,13,16H,3-4,7-9,11-12H2,1-2H3,(H,23,26). The zero-order valence-corrected chi connectivity index (χ0v) is 16.1. The second-order valence-corrected chi connectivity index (χ2v) is 7.24. The largest absolute Gasteiger partial charge is 0.497 e. The number of urea groups is 1. The van der Waals surface area contributed by atoms with E-state index in [9.17, 15) is 18.0 Å². The molecular formula is C19H26F3N3O3. The minimum Gasteiger partial charge on any atom is -0.497 e. The third-order valence-corrected chi connectivity index (χ3v) is 5.32. The van der Waals surface area contributed by atoms with Crippen molar-refractivity contribution < 1.29 is 27.4 Å². The number of hydrogen-bond acceptors (Lipinski definition) is 4. The quantitative estimate of drug-likeness (QED) is 0.824. The van der Waals surface area contributed by atoms with Crippen LogP contribution in [0.25, 0.3) is 0 Å². The van der Waals surface area contributed by atoms with Crippen molar-refractivity contribution >= 4 is 6.03 Å². The highest BCUT2D eigenvalue weighted by atomic mass is 19.4. The number of benzene rings is 1. The van der Waals surface area contributed by atoms with E-state index in [1.54, 1.807) is 25.2 Å². The smallest absolute Gasteiger partial charge is 0.401 e. The Bertz CT molecular complexity index is 699. The molecule has 2 heterocycles. The lowest BCUT2D eigenvalue weighted by Crippen LogP contribution is -2.46. The molecule has 0 spiro atoms. The summed E-state index contributed by atoms with van der Waals surface area (Å²) in [7, 11) is 3.15. The monoisotopic (exact) mass is 401 g/mol. The van der Waals surface area contributed by atoms with Crippen molar-refractivity contribution in [1.82, 2.24) is 15.1 Å². The highest BCUT2D eigenvalue weighted by molar-refractivity contribution is 5.75. The van der Waals surface area contributed by atoms with Gasteiger partial charge in [0.15, 0.2) is 0 Å². The van der Waals surface area contributed by atoms with Gasteiger partial charge in [-0.15, -0.1) is 0 Å². The van der Waals surface area contributed by atoms with Gasteiger partial charge in [0.05, 0.1) is 26.8 Å². The van der Waals surface area contributed by atoms with E-state index in [-0.39, 0.29) is 24.7 Å². The Hall–Kier alpha value is -2.16. The average Bonchev–Trinajstić information content (AvgIpc) is 3.29. The molecule has 3 rings (SSSR count). The summed E-state index contributed by atoms with van der Waals surface area (Å²) in [5.41, 5.74) is 0.904. The maximum Gasteiger partial charge on any atom is 0.401 e.